The molecule has 0 amide bonds. The van der Waals surface area contributed by atoms with E-state index < -0.39 is 0 Å². The highest BCUT2D eigenvalue weighted by atomic mass is 127. The zero-order chi connectivity index (χ0) is 20.0. The molecule has 0 radical (unpaired) electrons. The van der Waals surface area contributed by atoms with Crippen LogP contribution >= 0.6 is 22.6 Å². The average molecular weight is 489 g/mol. The van der Waals surface area contributed by atoms with Crippen molar-refractivity contribution in [3.63, 3.8) is 0 Å². The highest BCUT2D eigenvalue weighted by molar-refractivity contribution is 14.1. The number of nitrogens with zero attached hydrogens (tertiary/aromatic N) is 1. The van der Waals surface area contributed by atoms with Crippen molar-refractivity contribution in [3.05, 3.63) is 99.6 Å². The number of fused-ring (bicyclic) bond motifs is 2. The van der Waals surface area contributed by atoms with Crippen molar-refractivity contribution >= 4 is 39.7 Å². The van der Waals surface area contributed by atoms with Crippen molar-refractivity contribution in [3.8, 4) is 22.6 Å². The van der Waals surface area contributed by atoms with Gasteiger partial charge in [0.25, 0.3) is 0 Å². The summed E-state index contributed by atoms with van der Waals surface area (Å²) in [4.78, 5) is 2.28. The van der Waals surface area contributed by atoms with Crippen LogP contribution in [-0.2, 0) is 0 Å². The number of halogens is 1. The fourth-order valence-electron chi connectivity index (χ4n) is 3.71. The van der Waals surface area contributed by atoms with Crippen LogP contribution < -0.4 is 9.64 Å². The predicted octanol–water partition coefficient (Wildman–Crippen LogP) is 8.15. The van der Waals surface area contributed by atoms with Crippen molar-refractivity contribution < 1.29 is 4.74 Å². The molecule has 1 aliphatic rings. The van der Waals surface area contributed by atoms with Gasteiger partial charge in [-0.2, -0.15) is 0 Å². The number of rotatable bonds is 2. The Balaban J connectivity index is 1.67. The lowest BCUT2D eigenvalue weighted by Gasteiger charge is -2.33. The summed E-state index contributed by atoms with van der Waals surface area (Å²) >= 11 is 2.34. The van der Waals surface area contributed by atoms with Crippen LogP contribution in [0.2, 0.25) is 0 Å². The van der Waals surface area contributed by atoms with Gasteiger partial charge in [0.1, 0.15) is 0 Å². The van der Waals surface area contributed by atoms with E-state index in [0.29, 0.717) is 0 Å². The fourth-order valence-corrected chi connectivity index (χ4v) is 4.07. The zero-order valence-electron chi connectivity index (χ0n) is 16.3. The van der Waals surface area contributed by atoms with Gasteiger partial charge in [-0.25, -0.2) is 0 Å². The monoisotopic (exact) mass is 489 g/mol. The third kappa shape index (κ3) is 3.40. The lowest BCUT2D eigenvalue weighted by atomic mass is 10.0. The first-order valence-corrected chi connectivity index (χ1v) is 10.7. The van der Waals surface area contributed by atoms with Gasteiger partial charge in [0.15, 0.2) is 11.5 Å². The Morgan fingerprint density at radius 1 is 0.621 bits per heavy atom. The average Bonchev–Trinajstić information content (AvgIpc) is 2.73. The first-order valence-electron chi connectivity index (χ1n) is 9.64. The van der Waals surface area contributed by atoms with Crippen LogP contribution in [0.15, 0.2) is 84.9 Å². The second kappa shape index (κ2) is 7.23. The Morgan fingerprint density at radius 2 is 1.21 bits per heavy atom. The largest absolute Gasteiger partial charge is 0.453 e. The molecule has 0 fully saturated rings. The minimum Gasteiger partial charge on any atom is -0.453 e. The molecule has 0 spiro atoms. The summed E-state index contributed by atoms with van der Waals surface area (Å²) in [5.41, 5.74) is 8.04. The smallest absolute Gasteiger partial charge is 0.152 e. The van der Waals surface area contributed by atoms with Gasteiger partial charge in [-0.05, 0) is 102 Å². The molecule has 0 unspecified atom stereocenters. The lowest BCUT2D eigenvalue weighted by Crippen LogP contribution is -2.16. The Labute approximate surface area is 184 Å². The SMILES string of the molecule is Cc1ccc(-c2ccc3c(c2)Oc2cc(C)ccc2N3c2ccc(I)cc2)cc1. The maximum atomic E-state index is 6.38. The molecule has 4 aromatic carbocycles. The number of aryl methyl sites for hydroxylation is 2. The zero-order valence-corrected chi connectivity index (χ0v) is 18.5. The van der Waals surface area contributed by atoms with E-state index in [9.17, 15) is 0 Å². The third-order valence-electron chi connectivity index (χ3n) is 5.25. The Hall–Kier alpha value is -2.79. The summed E-state index contributed by atoms with van der Waals surface area (Å²) in [6, 6.07) is 30.1. The second-order valence-corrected chi connectivity index (χ2v) is 8.68. The Morgan fingerprint density at radius 3 is 1.93 bits per heavy atom. The number of hydrogen-bond acceptors (Lipinski definition) is 2. The van der Waals surface area contributed by atoms with Crippen molar-refractivity contribution in [2.24, 2.45) is 0 Å². The van der Waals surface area contributed by atoms with Gasteiger partial charge in [0.05, 0.1) is 11.4 Å². The fraction of sp³-hybridized carbons (Fsp3) is 0.0769. The molecule has 0 bridgehead atoms. The number of ether oxygens (including phenoxy) is 1. The standard InChI is InChI=1S/C26H20INO/c1-17-3-6-19(7-4-17)20-8-14-24-26(16-20)29-25-15-18(2)5-13-23(25)28(24)22-11-9-21(27)10-12-22/h3-16H,1-2H3. The number of benzene rings is 4. The van der Waals surface area contributed by atoms with Crippen LogP contribution in [0.4, 0.5) is 17.1 Å². The predicted molar refractivity (Wildman–Crippen MR) is 129 cm³/mol. The highest BCUT2D eigenvalue weighted by Gasteiger charge is 2.26. The van der Waals surface area contributed by atoms with E-state index in [1.54, 1.807) is 0 Å². The highest BCUT2D eigenvalue weighted by Crippen LogP contribution is 2.51. The van der Waals surface area contributed by atoms with Gasteiger partial charge in [0.2, 0.25) is 0 Å². The van der Waals surface area contributed by atoms with E-state index in [2.05, 4.69) is 126 Å². The van der Waals surface area contributed by atoms with E-state index >= 15 is 0 Å². The molecule has 3 heteroatoms. The van der Waals surface area contributed by atoms with Crippen LogP contribution in [0, 0.1) is 17.4 Å². The minimum absolute atomic E-state index is 0.875. The molecular weight excluding hydrogens is 469 g/mol. The first-order chi connectivity index (χ1) is 14.1. The number of hydrogen-bond donors (Lipinski definition) is 0. The normalized spacial score (nSPS) is 12.2. The molecule has 1 aliphatic heterocycles. The van der Waals surface area contributed by atoms with E-state index in [1.165, 1.54) is 20.3 Å². The Bertz CT molecular complexity index is 1200. The number of anilines is 3. The lowest BCUT2D eigenvalue weighted by molar-refractivity contribution is 0.477. The molecule has 5 rings (SSSR count). The van der Waals surface area contributed by atoms with Gasteiger partial charge >= 0.3 is 0 Å². The molecular formula is C26H20INO. The maximum absolute atomic E-state index is 6.38. The van der Waals surface area contributed by atoms with Gasteiger partial charge in [-0.3, -0.25) is 0 Å². The summed E-state index contributed by atoms with van der Waals surface area (Å²) in [5.74, 6) is 1.76. The molecule has 142 valence electrons. The van der Waals surface area contributed by atoms with Gasteiger partial charge in [-0.1, -0.05) is 42.0 Å². The van der Waals surface area contributed by atoms with E-state index in [4.69, 9.17) is 4.74 Å². The van der Waals surface area contributed by atoms with Crippen molar-refractivity contribution in [2.75, 3.05) is 4.90 Å². The van der Waals surface area contributed by atoms with Gasteiger partial charge in [0, 0.05) is 9.26 Å². The Kier molecular flexibility index (Phi) is 4.55. The van der Waals surface area contributed by atoms with Gasteiger partial charge in [-0.15, -0.1) is 0 Å². The van der Waals surface area contributed by atoms with Crippen LogP contribution in [0.1, 0.15) is 11.1 Å². The molecule has 0 saturated heterocycles. The summed E-state index contributed by atoms with van der Waals surface area (Å²) in [5, 5.41) is 0. The van der Waals surface area contributed by atoms with E-state index in [1.807, 2.05) is 0 Å². The van der Waals surface area contributed by atoms with Crippen molar-refractivity contribution in [2.45, 2.75) is 13.8 Å². The summed E-state index contributed by atoms with van der Waals surface area (Å²) < 4.78 is 7.60. The van der Waals surface area contributed by atoms with Gasteiger partial charge < -0.3 is 9.64 Å². The van der Waals surface area contributed by atoms with Crippen LogP contribution in [0.25, 0.3) is 11.1 Å². The minimum atomic E-state index is 0.875. The topological polar surface area (TPSA) is 12.5 Å². The molecule has 0 N–H and O–H groups in total. The molecule has 1 heterocycles. The summed E-state index contributed by atoms with van der Waals surface area (Å²) in [7, 11) is 0. The van der Waals surface area contributed by atoms with Crippen molar-refractivity contribution in [1.82, 2.24) is 0 Å². The summed E-state index contributed by atoms with van der Waals surface area (Å²) in [6.07, 6.45) is 0. The first kappa shape index (κ1) is 18.3. The molecule has 4 aromatic rings. The molecule has 0 atom stereocenters. The van der Waals surface area contributed by atoms with E-state index in [-0.39, 0.29) is 0 Å². The van der Waals surface area contributed by atoms with Crippen LogP contribution in [0.5, 0.6) is 11.5 Å². The molecule has 0 aliphatic carbocycles. The summed E-state index contributed by atoms with van der Waals surface area (Å²) in [6.45, 7) is 4.20. The van der Waals surface area contributed by atoms with Crippen LogP contribution in [-0.4, -0.2) is 0 Å². The van der Waals surface area contributed by atoms with Crippen molar-refractivity contribution in [1.29, 1.82) is 0 Å². The molecule has 0 aromatic heterocycles. The molecule has 2 nitrogen and oxygen atoms in total. The quantitative estimate of drug-likeness (QED) is 0.232. The van der Waals surface area contributed by atoms with Crippen LogP contribution in [0.3, 0.4) is 0 Å². The molecule has 29 heavy (non-hydrogen) atoms. The second-order valence-electron chi connectivity index (χ2n) is 7.43. The molecule has 0 saturated carbocycles. The van der Waals surface area contributed by atoms with E-state index in [0.717, 1.165) is 34.1 Å². The maximum Gasteiger partial charge on any atom is 0.152 e. The third-order valence-corrected chi connectivity index (χ3v) is 5.97.